The first-order valence-electron chi connectivity index (χ1n) is 18.0. The summed E-state index contributed by atoms with van der Waals surface area (Å²) in [7, 11) is 0. The molecule has 0 saturated heterocycles. The standard InChI is InChI=1S/2C22H16N2.C5H8O2.Ir/c2*1-4-10-17(11-5-1)20-16-23-21(18-12-6-2-7-13-18)22(24-20)19-14-8-3-9-15-19;1-4(6)3-5(2)7;/h2*1-16H;3H2,1-2H3;. The minimum Gasteiger partial charge on any atom is -0.300 e. The fourth-order valence-electron chi connectivity index (χ4n) is 5.83. The molecule has 2 aromatic heterocycles. The van der Waals surface area contributed by atoms with Crippen molar-refractivity contribution in [1.29, 1.82) is 0 Å². The second kappa shape index (κ2) is 20.8. The summed E-state index contributed by atoms with van der Waals surface area (Å²) >= 11 is 0. The number of hydrogen-bond donors (Lipinski definition) is 0. The molecule has 0 saturated carbocycles. The molecule has 1 radical (unpaired) electrons. The van der Waals surface area contributed by atoms with E-state index in [2.05, 4.69) is 72.8 Å². The topological polar surface area (TPSA) is 85.7 Å². The average molecular weight is 909 g/mol. The van der Waals surface area contributed by atoms with Gasteiger partial charge in [0.25, 0.3) is 0 Å². The van der Waals surface area contributed by atoms with Crippen molar-refractivity contribution in [3.63, 3.8) is 0 Å². The molecule has 7 heteroatoms. The van der Waals surface area contributed by atoms with E-state index in [1.807, 2.05) is 122 Å². The van der Waals surface area contributed by atoms with E-state index >= 15 is 0 Å². The van der Waals surface area contributed by atoms with Crippen LogP contribution in [0.25, 0.3) is 67.5 Å². The molecule has 0 amide bonds. The summed E-state index contributed by atoms with van der Waals surface area (Å²) in [4.78, 5) is 39.4. The first kappa shape index (κ1) is 40.7. The molecule has 0 unspecified atom stereocenters. The summed E-state index contributed by atoms with van der Waals surface area (Å²) in [5, 5.41) is 0. The molecule has 0 bridgehead atoms. The zero-order chi connectivity index (χ0) is 38.2. The largest absolute Gasteiger partial charge is 0.300 e. The zero-order valence-corrected chi connectivity index (χ0v) is 33.5. The summed E-state index contributed by atoms with van der Waals surface area (Å²) in [5.74, 6) is -0.125. The van der Waals surface area contributed by atoms with Gasteiger partial charge < -0.3 is 0 Å². The van der Waals surface area contributed by atoms with Crippen LogP contribution in [0.2, 0.25) is 0 Å². The second-order valence-electron chi connectivity index (χ2n) is 12.7. The van der Waals surface area contributed by atoms with Crippen molar-refractivity contribution in [2.45, 2.75) is 20.3 Å². The van der Waals surface area contributed by atoms with Gasteiger partial charge in [-0.2, -0.15) is 0 Å². The van der Waals surface area contributed by atoms with Gasteiger partial charge in [0.2, 0.25) is 0 Å². The van der Waals surface area contributed by atoms with Crippen LogP contribution >= 0.6 is 0 Å². The van der Waals surface area contributed by atoms with Crippen LogP contribution in [-0.4, -0.2) is 31.5 Å². The maximum absolute atomic E-state index is 10.0. The van der Waals surface area contributed by atoms with Crippen LogP contribution < -0.4 is 0 Å². The molecule has 277 valence electrons. The number of hydrogen-bond acceptors (Lipinski definition) is 6. The van der Waals surface area contributed by atoms with E-state index in [0.29, 0.717) is 0 Å². The third kappa shape index (κ3) is 11.2. The summed E-state index contributed by atoms with van der Waals surface area (Å²) < 4.78 is 0. The third-order valence-corrected chi connectivity index (χ3v) is 8.37. The van der Waals surface area contributed by atoms with Gasteiger partial charge in [-0.25, -0.2) is 9.97 Å². The van der Waals surface area contributed by atoms with Gasteiger partial charge in [0.05, 0.1) is 53.0 Å². The third-order valence-electron chi connectivity index (χ3n) is 8.37. The molecule has 0 fully saturated rings. The van der Waals surface area contributed by atoms with Gasteiger partial charge in [0.15, 0.2) is 0 Å². The van der Waals surface area contributed by atoms with Gasteiger partial charge in [0.1, 0.15) is 11.6 Å². The number of aromatic nitrogens is 4. The first-order chi connectivity index (χ1) is 27.0. The van der Waals surface area contributed by atoms with E-state index in [-0.39, 0.29) is 38.1 Å². The Hall–Kier alpha value is -6.53. The molecular weight excluding hydrogens is 869 g/mol. The molecule has 0 aliphatic heterocycles. The van der Waals surface area contributed by atoms with Crippen molar-refractivity contribution >= 4 is 11.6 Å². The van der Waals surface area contributed by atoms with E-state index in [1.54, 1.807) is 0 Å². The van der Waals surface area contributed by atoms with Gasteiger partial charge in [-0.15, -0.1) is 0 Å². The van der Waals surface area contributed by atoms with Crippen molar-refractivity contribution in [3.05, 3.63) is 194 Å². The van der Waals surface area contributed by atoms with Crippen LogP contribution in [0.4, 0.5) is 0 Å². The van der Waals surface area contributed by atoms with Crippen LogP contribution in [0.5, 0.6) is 0 Å². The molecule has 2 heterocycles. The Morgan fingerprint density at radius 1 is 0.357 bits per heavy atom. The number of nitrogens with zero attached hydrogens (tertiary/aromatic N) is 4. The van der Waals surface area contributed by atoms with Crippen molar-refractivity contribution in [2.75, 3.05) is 0 Å². The van der Waals surface area contributed by atoms with E-state index in [0.717, 1.165) is 67.5 Å². The Kier molecular flexibility index (Phi) is 15.1. The number of benzene rings is 6. The first-order valence-corrected chi connectivity index (χ1v) is 18.0. The van der Waals surface area contributed by atoms with E-state index < -0.39 is 0 Å². The Bertz CT molecular complexity index is 2260. The van der Waals surface area contributed by atoms with Gasteiger partial charge in [-0.1, -0.05) is 182 Å². The smallest absolute Gasteiger partial charge is 0.137 e. The second-order valence-corrected chi connectivity index (χ2v) is 12.7. The molecule has 0 aliphatic carbocycles. The van der Waals surface area contributed by atoms with Crippen LogP contribution in [0.15, 0.2) is 194 Å². The normalized spacial score (nSPS) is 10.0. The number of rotatable bonds is 8. The van der Waals surface area contributed by atoms with Crippen LogP contribution in [0.1, 0.15) is 20.3 Å². The molecule has 0 N–H and O–H groups in total. The number of Topliss-reactive ketones (excluding diaryl/α,β-unsaturated/α-hetero) is 2. The van der Waals surface area contributed by atoms with E-state index in [1.165, 1.54) is 13.8 Å². The summed E-state index contributed by atoms with van der Waals surface area (Å²) in [5.41, 5.74) is 11.8. The number of carbonyl (C=O) groups excluding carboxylic acids is 2. The summed E-state index contributed by atoms with van der Waals surface area (Å²) in [6.45, 7) is 2.81. The maximum Gasteiger partial charge on any atom is 0.137 e. The number of carbonyl (C=O) groups is 2. The Balaban J connectivity index is 0.000000181. The van der Waals surface area contributed by atoms with Gasteiger partial charge in [-0.3, -0.25) is 19.6 Å². The minimum atomic E-state index is -0.0625. The van der Waals surface area contributed by atoms with Crippen molar-refractivity contribution in [3.8, 4) is 67.5 Å². The van der Waals surface area contributed by atoms with Gasteiger partial charge in [-0.05, 0) is 13.8 Å². The molecule has 0 atom stereocenters. The molecule has 0 aliphatic rings. The van der Waals surface area contributed by atoms with Gasteiger partial charge >= 0.3 is 0 Å². The zero-order valence-electron chi connectivity index (χ0n) is 31.1. The Morgan fingerprint density at radius 2 is 0.589 bits per heavy atom. The monoisotopic (exact) mass is 909 g/mol. The molecule has 8 aromatic rings. The summed E-state index contributed by atoms with van der Waals surface area (Å²) in [6.07, 6.45) is 3.79. The van der Waals surface area contributed by atoms with Gasteiger partial charge in [0, 0.05) is 53.5 Å². The van der Waals surface area contributed by atoms with Crippen LogP contribution in [0, 0.1) is 0 Å². The molecule has 0 spiro atoms. The van der Waals surface area contributed by atoms with Crippen molar-refractivity contribution in [2.24, 2.45) is 0 Å². The van der Waals surface area contributed by atoms with E-state index in [4.69, 9.17) is 19.9 Å². The van der Waals surface area contributed by atoms with Crippen LogP contribution in [-0.2, 0) is 29.7 Å². The maximum atomic E-state index is 10.0. The Morgan fingerprint density at radius 3 is 0.821 bits per heavy atom. The fraction of sp³-hybridized carbons (Fsp3) is 0.0612. The van der Waals surface area contributed by atoms with Crippen molar-refractivity contribution in [1.82, 2.24) is 19.9 Å². The van der Waals surface area contributed by atoms with Crippen LogP contribution in [0.3, 0.4) is 0 Å². The molecule has 6 nitrogen and oxygen atoms in total. The van der Waals surface area contributed by atoms with Crippen molar-refractivity contribution < 1.29 is 29.7 Å². The average Bonchev–Trinajstić information content (AvgIpc) is 3.25. The molecule has 8 rings (SSSR count). The summed E-state index contributed by atoms with van der Waals surface area (Å²) in [6, 6.07) is 61.1. The predicted octanol–water partition coefficient (Wildman–Crippen LogP) is 11.5. The van der Waals surface area contributed by atoms with E-state index in [9.17, 15) is 9.59 Å². The SMILES string of the molecule is CC(=O)CC(C)=O.[Ir].c1ccc(-c2cnc(-c3ccccc3)c(-c3ccccc3)n2)cc1.c1ccc(-c2cnc(-c3ccccc3)c(-c3ccccc3)n2)cc1. The minimum absolute atomic E-state index is 0. The molecule has 6 aromatic carbocycles. The fourth-order valence-corrected chi connectivity index (χ4v) is 5.83. The number of ketones is 2. The quantitative estimate of drug-likeness (QED) is 0.141. The molecular formula is C49H40IrN4O2. The predicted molar refractivity (Wildman–Crippen MR) is 223 cm³/mol. The molecule has 56 heavy (non-hydrogen) atoms. The Labute approximate surface area is 341 Å².